The zero-order chi connectivity index (χ0) is 42.2. The molecule has 4 aliphatic rings. The van der Waals surface area contributed by atoms with Crippen molar-refractivity contribution in [2.75, 3.05) is 41.2 Å². The second-order valence-corrected chi connectivity index (χ2v) is 18.3. The number of fused-ring (bicyclic) bond motifs is 4. The van der Waals surface area contributed by atoms with Crippen LogP contribution >= 0.6 is 8.53 Å². The fraction of sp³-hybridized carbons (Fsp3) is 0.545. The summed E-state index contributed by atoms with van der Waals surface area (Å²) in [4.78, 5) is 0. The molecule has 0 saturated carbocycles. The van der Waals surface area contributed by atoms with Gasteiger partial charge in [-0.05, 0) is 75.6 Å². The molecule has 322 valence electrons. The number of hydrogen-bond donors (Lipinski definition) is 0. The smallest absolute Gasteiger partial charge is 0.259 e. The van der Waals surface area contributed by atoms with Crippen LogP contribution in [0.15, 0.2) is 85.1 Å². The van der Waals surface area contributed by atoms with Gasteiger partial charge in [-0.1, -0.05) is 59.8 Å². The summed E-state index contributed by atoms with van der Waals surface area (Å²) in [5.41, 5.74) is 0.785. The minimum Gasteiger partial charge on any atom is -0.497 e. The van der Waals surface area contributed by atoms with Crippen LogP contribution in [0.3, 0.4) is 0 Å². The summed E-state index contributed by atoms with van der Waals surface area (Å²) in [6.45, 7) is 12.1. The van der Waals surface area contributed by atoms with E-state index >= 15 is 0 Å². The van der Waals surface area contributed by atoms with Crippen molar-refractivity contribution >= 4 is 16.4 Å². The monoisotopic (exact) mass is 844 g/mol. The highest BCUT2D eigenvalue weighted by atomic mass is 31.2. The van der Waals surface area contributed by atoms with Crippen molar-refractivity contribution in [3.8, 4) is 11.5 Å². The molecule has 8 rings (SSSR count). The fourth-order valence-corrected chi connectivity index (χ4v) is 11.1. The molecule has 4 saturated heterocycles. The van der Waals surface area contributed by atoms with Crippen LogP contribution in [0.25, 0.3) is 0 Å². The lowest BCUT2D eigenvalue weighted by molar-refractivity contribution is -0.169. The van der Waals surface area contributed by atoms with E-state index in [1.165, 1.54) is 0 Å². The minimum atomic E-state index is -1.36. The Balaban J connectivity index is 1.02. The third-order valence-corrected chi connectivity index (χ3v) is 14.2. The summed E-state index contributed by atoms with van der Waals surface area (Å²) in [5, 5.41) is 9.05. The molecule has 4 fully saturated rings. The second-order valence-electron chi connectivity index (χ2n) is 16.8. The third kappa shape index (κ3) is 7.91. The molecule has 0 radical (unpaired) electrons. The summed E-state index contributed by atoms with van der Waals surface area (Å²) in [6.07, 6.45) is 0.468. The average Bonchev–Trinajstić information content (AvgIpc) is 4.05. The minimum absolute atomic E-state index is 0.149. The quantitative estimate of drug-likeness (QED) is 0.0694. The second kappa shape index (κ2) is 17.7. The van der Waals surface area contributed by atoms with Crippen molar-refractivity contribution in [1.29, 1.82) is 0 Å². The Kier molecular flexibility index (Phi) is 12.8. The van der Waals surface area contributed by atoms with Crippen LogP contribution in [0, 0.1) is 0 Å². The standard InChI is InChI=1S/C44H58BN4O10P/c1-28(2)49(29(3)4)60(52-8)59-40-37-30(5)57-42(40,25-54-37)24-48-22-34(46-47-48)23-53-39-38-41(45)58-43(39,26-55-38)27-56-44(31-12-10-9-11-13-31,32-14-18-35(50-6)19-15-32)33-16-20-36(51-7)21-17-33/h9-22,28-30,37-41H,23-27,45H2,1-8H3/t30-,37?,38?,39?,40?,41+,42-,43+,60?/m0/s1. The van der Waals surface area contributed by atoms with Gasteiger partial charge in [0.15, 0.2) is 0 Å². The van der Waals surface area contributed by atoms with E-state index in [9.17, 15) is 0 Å². The lowest BCUT2D eigenvalue weighted by atomic mass is 9.79. The van der Waals surface area contributed by atoms with Crippen LogP contribution < -0.4 is 9.47 Å². The Morgan fingerprint density at radius 1 is 0.817 bits per heavy atom. The first-order valence-corrected chi connectivity index (χ1v) is 22.0. The summed E-state index contributed by atoms with van der Waals surface area (Å²) < 4.78 is 68.0. The van der Waals surface area contributed by atoms with E-state index in [1.807, 2.05) is 87.7 Å². The highest BCUT2D eigenvalue weighted by Crippen LogP contribution is 2.53. The van der Waals surface area contributed by atoms with Crippen molar-refractivity contribution in [3.05, 3.63) is 107 Å². The predicted molar refractivity (Wildman–Crippen MR) is 227 cm³/mol. The van der Waals surface area contributed by atoms with Gasteiger partial charge in [0.1, 0.15) is 66.3 Å². The highest BCUT2D eigenvalue weighted by Gasteiger charge is 2.63. The molecule has 0 aliphatic carbocycles. The molecule has 4 bridgehead atoms. The number of aromatic nitrogens is 3. The highest BCUT2D eigenvalue weighted by molar-refractivity contribution is 7.44. The van der Waals surface area contributed by atoms with Crippen molar-refractivity contribution in [2.45, 2.75) is 113 Å². The normalized spacial score (nSPS) is 29.0. The molecular weight excluding hydrogens is 786 g/mol. The van der Waals surface area contributed by atoms with E-state index in [2.05, 4.69) is 54.8 Å². The zero-order valence-corrected chi connectivity index (χ0v) is 37.0. The van der Waals surface area contributed by atoms with E-state index in [0.29, 0.717) is 25.5 Å². The predicted octanol–water partition coefficient (Wildman–Crippen LogP) is 5.25. The molecule has 3 aromatic carbocycles. The SMILES string of the molecule is B[C@@H]1O[C@@]2(COC(c3ccccc3)(c3ccc(OC)cc3)c3ccc(OC)cc3)COC1C2OCc1cn(C[C@]23COC(C2OP(OC)N(C(C)C)C(C)C)[C@H](C)O3)nn1. The Morgan fingerprint density at radius 3 is 1.98 bits per heavy atom. The molecular formula is C44H58BN4O10P. The van der Waals surface area contributed by atoms with Gasteiger partial charge >= 0.3 is 0 Å². The maximum Gasteiger partial charge on any atom is 0.259 e. The number of benzene rings is 3. The Bertz CT molecular complexity index is 1970. The maximum absolute atomic E-state index is 7.32. The molecule has 1 aromatic heterocycles. The van der Waals surface area contributed by atoms with Crippen LogP contribution in [0.4, 0.5) is 0 Å². The van der Waals surface area contributed by atoms with Gasteiger partial charge in [-0.15, -0.1) is 5.10 Å². The number of methoxy groups -OCH3 is 2. The third-order valence-electron chi connectivity index (χ3n) is 12.2. The van der Waals surface area contributed by atoms with Gasteiger partial charge < -0.3 is 46.9 Å². The summed E-state index contributed by atoms with van der Waals surface area (Å²) in [6, 6.07) is 26.5. The Hall–Kier alpha value is -3.47. The molecule has 5 unspecified atom stereocenters. The Morgan fingerprint density at radius 2 is 1.42 bits per heavy atom. The van der Waals surface area contributed by atoms with E-state index in [0.717, 1.165) is 28.2 Å². The number of hydrogen-bond acceptors (Lipinski definition) is 13. The molecule has 4 aliphatic heterocycles. The van der Waals surface area contributed by atoms with E-state index in [-0.39, 0.29) is 55.7 Å². The summed E-state index contributed by atoms with van der Waals surface area (Å²) >= 11 is 0. The van der Waals surface area contributed by atoms with E-state index in [1.54, 1.807) is 26.0 Å². The maximum atomic E-state index is 7.32. The first-order chi connectivity index (χ1) is 29.0. The molecule has 4 aromatic rings. The van der Waals surface area contributed by atoms with Crippen LogP contribution in [-0.4, -0.2) is 128 Å². The van der Waals surface area contributed by atoms with Crippen LogP contribution in [0.1, 0.15) is 57.0 Å². The van der Waals surface area contributed by atoms with Crippen LogP contribution in [-0.2, 0) is 56.2 Å². The van der Waals surface area contributed by atoms with Crippen LogP contribution in [0.5, 0.6) is 11.5 Å². The summed E-state index contributed by atoms with van der Waals surface area (Å²) in [7, 11) is 5.68. The number of nitrogens with zero attached hydrogens (tertiary/aromatic N) is 4. The van der Waals surface area contributed by atoms with Gasteiger partial charge in [0.05, 0.1) is 65.5 Å². The largest absolute Gasteiger partial charge is 0.497 e. The first kappa shape index (κ1) is 43.2. The van der Waals surface area contributed by atoms with Gasteiger partial charge in [0.25, 0.3) is 8.53 Å². The lowest BCUT2D eigenvalue weighted by Crippen LogP contribution is -2.49. The molecule has 5 heterocycles. The van der Waals surface area contributed by atoms with Gasteiger partial charge in [-0.25, -0.2) is 9.35 Å². The van der Waals surface area contributed by atoms with Gasteiger partial charge in [0, 0.05) is 19.2 Å². The van der Waals surface area contributed by atoms with Crippen molar-refractivity contribution in [1.82, 2.24) is 19.7 Å². The molecule has 60 heavy (non-hydrogen) atoms. The molecule has 0 amide bonds. The average molecular weight is 845 g/mol. The van der Waals surface area contributed by atoms with Crippen molar-refractivity contribution in [2.24, 2.45) is 0 Å². The molecule has 9 atom stereocenters. The fourth-order valence-electron chi connectivity index (χ4n) is 9.48. The Labute approximate surface area is 355 Å². The molecule has 16 heteroatoms. The first-order valence-electron chi connectivity index (χ1n) is 20.8. The van der Waals surface area contributed by atoms with Gasteiger partial charge in [-0.3, -0.25) is 0 Å². The van der Waals surface area contributed by atoms with E-state index < -0.39 is 31.4 Å². The van der Waals surface area contributed by atoms with E-state index in [4.69, 9.17) is 46.9 Å². The van der Waals surface area contributed by atoms with Crippen molar-refractivity contribution < 1.29 is 46.9 Å². The molecule has 0 N–H and O–H groups in total. The van der Waals surface area contributed by atoms with Gasteiger partial charge in [-0.2, -0.15) is 0 Å². The van der Waals surface area contributed by atoms with Crippen molar-refractivity contribution in [3.63, 3.8) is 0 Å². The lowest BCUT2D eigenvalue weighted by Gasteiger charge is -2.40. The van der Waals surface area contributed by atoms with Crippen LogP contribution in [0.2, 0.25) is 0 Å². The molecule has 0 spiro atoms. The number of ether oxygens (including phenoxy) is 8. The molecule has 14 nitrogen and oxygen atoms in total. The topological polar surface area (TPSA) is 126 Å². The number of rotatable bonds is 19. The van der Waals surface area contributed by atoms with Gasteiger partial charge in [0.2, 0.25) is 0 Å². The summed E-state index contributed by atoms with van der Waals surface area (Å²) in [5.74, 6) is 1.50. The zero-order valence-electron chi connectivity index (χ0n) is 36.1.